The first kappa shape index (κ1) is 14.9. The molecule has 1 aromatic heterocycles. The van der Waals surface area contributed by atoms with Crippen LogP contribution < -0.4 is 5.73 Å². The molecule has 0 bridgehead atoms. The van der Waals surface area contributed by atoms with Gasteiger partial charge >= 0.3 is 0 Å². The van der Waals surface area contributed by atoms with Crippen LogP contribution in [0.4, 0.5) is 0 Å². The average Bonchev–Trinajstić information content (AvgIpc) is 3.01. The molecule has 3 rings (SSSR count). The monoisotopic (exact) mass is 309 g/mol. The number of para-hydroxylation sites is 1. The van der Waals surface area contributed by atoms with E-state index in [0.29, 0.717) is 6.54 Å². The molecular formula is C18H19N3S. The van der Waals surface area contributed by atoms with Crippen LogP contribution >= 0.6 is 11.8 Å². The van der Waals surface area contributed by atoms with Gasteiger partial charge < -0.3 is 5.73 Å². The number of rotatable bonds is 5. The molecule has 112 valence electrons. The standard InChI is InChI=1S/C18H19N3S/c1-2-22-17-10-8-14(9-11-17)18-15(12-19)13-21(20-18)16-6-4-3-5-7-16/h3-11,13H,2,12,19H2,1H3. The minimum absolute atomic E-state index is 0.480. The lowest BCUT2D eigenvalue weighted by Crippen LogP contribution is -1.96. The summed E-state index contributed by atoms with van der Waals surface area (Å²) in [5.41, 5.74) is 10.1. The first-order chi connectivity index (χ1) is 10.8. The normalized spacial score (nSPS) is 10.8. The van der Waals surface area contributed by atoms with Crippen LogP contribution in [-0.2, 0) is 6.54 Å². The Balaban J connectivity index is 1.98. The van der Waals surface area contributed by atoms with Crippen LogP contribution in [0.1, 0.15) is 12.5 Å². The Hall–Kier alpha value is -2.04. The molecule has 22 heavy (non-hydrogen) atoms. The molecule has 0 aliphatic carbocycles. The maximum atomic E-state index is 5.90. The number of aromatic nitrogens is 2. The van der Waals surface area contributed by atoms with E-state index in [1.165, 1.54) is 4.90 Å². The largest absolute Gasteiger partial charge is 0.326 e. The van der Waals surface area contributed by atoms with Crippen LogP contribution in [0, 0.1) is 0 Å². The molecule has 2 aromatic carbocycles. The molecular weight excluding hydrogens is 290 g/mol. The number of thioether (sulfide) groups is 1. The van der Waals surface area contributed by atoms with E-state index >= 15 is 0 Å². The molecule has 0 unspecified atom stereocenters. The Labute approximate surface area is 135 Å². The summed E-state index contributed by atoms with van der Waals surface area (Å²) >= 11 is 1.84. The van der Waals surface area contributed by atoms with E-state index in [0.717, 1.165) is 28.3 Å². The van der Waals surface area contributed by atoms with Crippen LogP contribution in [0.5, 0.6) is 0 Å². The van der Waals surface area contributed by atoms with E-state index in [1.807, 2.05) is 53.0 Å². The zero-order chi connectivity index (χ0) is 15.4. The molecule has 3 aromatic rings. The third kappa shape index (κ3) is 3.08. The second-order valence-electron chi connectivity index (χ2n) is 4.94. The number of hydrogen-bond acceptors (Lipinski definition) is 3. The molecule has 1 heterocycles. The van der Waals surface area contributed by atoms with Crippen molar-refractivity contribution in [2.75, 3.05) is 5.75 Å². The van der Waals surface area contributed by atoms with E-state index in [1.54, 1.807) is 0 Å². The predicted octanol–water partition coefficient (Wildman–Crippen LogP) is 4.11. The van der Waals surface area contributed by atoms with Crippen molar-refractivity contribution < 1.29 is 0 Å². The summed E-state index contributed by atoms with van der Waals surface area (Å²) in [5.74, 6) is 1.08. The first-order valence-corrected chi connectivity index (χ1v) is 8.37. The molecule has 0 radical (unpaired) electrons. The highest BCUT2D eigenvalue weighted by molar-refractivity contribution is 7.99. The SMILES string of the molecule is CCSc1ccc(-c2nn(-c3ccccc3)cc2CN)cc1. The molecule has 2 N–H and O–H groups in total. The molecule has 0 saturated carbocycles. The average molecular weight is 309 g/mol. The third-order valence-corrected chi connectivity index (χ3v) is 4.36. The van der Waals surface area contributed by atoms with Gasteiger partial charge in [-0.1, -0.05) is 37.3 Å². The number of nitrogens with two attached hydrogens (primary N) is 1. The van der Waals surface area contributed by atoms with Gasteiger partial charge in [0.15, 0.2) is 0 Å². The highest BCUT2D eigenvalue weighted by atomic mass is 32.2. The molecule has 0 atom stereocenters. The topological polar surface area (TPSA) is 43.8 Å². The second kappa shape index (κ2) is 6.81. The molecule has 0 saturated heterocycles. The summed E-state index contributed by atoms with van der Waals surface area (Å²) < 4.78 is 1.90. The van der Waals surface area contributed by atoms with Gasteiger partial charge in [-0.15, -0.1) is 11.8 Å². The van der Waals surface area contributed by atoms with Gasteiger partial charge in [-0.25, -0.2) is 4.68 Å². The van der Waals surface area contributed by atoms with Crippen molar-refractivity contribution in [3.8, 4) is 16.9 Å². The van der Waals surface area contributed by atoms with Gasteiger partial charge in [-0.3, -0.25) is 0 Å². The fourth-order valence-electron chi connectivity index (χ4n) is 2.39. The summed E-state index contributed by atoms with van der Waals surface area (Å²) in [4.78, 5) is 1.28. The van der Waals surface area contributed by atoms with Crippen molar-refractivity contribution in [2.24, 2.45) is 5.73 Å². The molecule has 0 amide bonds. The van der Waals surface area contributed by atoms with E-state index in [-0.39, 0.29) is 0 Å². The Morgan fingerprint density at radius 2 is 1.77 bits per heavy atom. The van der Waals surface area contributed by atoms with Crippen LogP contribution in [0.2, 0.25) is 0 Å². The fraction of sp³-hybridized carbons (Fsp3) is 0.167. The quantitative estimate of drug-likeness (QED) is 0.721. The minimum atomic E-state index is 0.480. The molecule has 0 aliphatic rings. The summed E-state index contributed by atoms with van der Waals surface area (Å²) in [6.45, 7) is 2.64. The summed E-state index contributed by atoms with van der Waals surface area (Å²) in [5, 5.41) is 4.73. The van der Waals surface area contributed by atoms with Gasteiger partial charge in [0.2, 0.25) is 0 Å². The molecule has 4 heteroatoms. The van der Waals surface area contributed by atoms with Gasteiger partial charge in [0.1, 0.15) is 0 Å². The Morgan fingerprint density at radius 1 is 1.05 bits per heavy atom. The molecule has 3 nitrogen and oxygen atoms in total. The van der Waals surface area contributed by atoms with Crippen molar-refractivity contribution in [3.63, 3.8) is 0 Å². The lowest BCUT2D eigenvalue weighted by atomic mass is 10.1. The molecule has 0 aliphatic heterocycles. The zero-order valence-electron chi connectivity index (χ0n) is 12.6. The second-order valence-corrected chi connectivity index (χ2v) is 6.28. The third-order valence-electron chi connectivity index (χ3n) is 3.47. The van der Waals surface area contributed by atoms with E-state index in [4.69, 9.17) is 10.8 Å². The summed E-state index contributed by atoms with van der Waals surface area (Å²) in [6, 6.07) is 18.6. The van der Waals surface area contributed by atoms with Gasteiger partial charge in [-0.05, 0) is 30.0 Å². The smallest absolute Gasteiger partial charge is 0.0972 e. The number of hydrogen-bond donors (Lipinski definition) is 1. The molecule has 0 fully saturated rings. The zero-order valence-corrected chi connectivity index (χ0v) is 13.4. The lowest BCUT2D eigenvalue weighted by Gasteiger charge is -2.03. The van der Waals surface area contributed by atoms with E-state index < -0.39 is 0 Å². The Bertz CT molecular complexity index is 733. The van der Waals surface area contributed by atoms with Crippen LogP contribution in [-0.4, -0.2) is 15.5 Å². The fourth-order valence-corrected chi connectivity index (χ4v) is 3.05. The van der Waals surface area contributed by atoms with Crippen molar-refractivity contribution in [2.45, 2.75) is 18.4 Å². The first-order valence-electron chi connectivity index (χ1n) is 7.39. The predicted molar refractivity (Wildman–Crippen MR) is 93.3 cm³/mol. The maximum Gasteiger partial charge on any atom is 0.0972 e. The summed E-state index contributed by atoms with van der Waals surface area (Å²) in [7, 11) is 0. The van der Waals surface area contributed by atoms with E-state index in [9.17, 15) is 0 Å². The van der Waals surface area contributed by atoms with Gasteiger partial charge in [0, 0.05) is 28.8 Å². The Kier molecular flexibility index (Phi) is 4.61. The van der Waals surface area contributed by atoms with Crippen molar-refractivity contribution in [1.29, 1.82) is 0 Å². The van der Waals surface area contributed by atoms with Crippen molar-refractivity contribution in [1.82, 2.24) is 9.78 Å². The van der Waals surface area contributed by atoms with Crippen molar-refractivity contribution >= 4 is 11.8 Å². The van der Waals surface area contributed by atoms with E-state index in [2.05, 4.69) is 31.2 Å². The molecule has 0 spiro atoms. The van der Waals surface area contributed by atoms with Crippen LogP contribution in [0.15, 0.2) is 65.7 Å². The maximum absolute atomic E-state index is 5.90. The number of nitrogens with zero attached hydrogens (tertiary/aromatic N) is 2. The van der Waals surface area contributed by atoms with Gasteiger partial charge in [-0.2, -0.15) is 5.10 Å². The van der Waals surface area contributed by atoms with Crippen LogP contribution in [0.3, 0.4) is 0 Å². The highest BCUT2D eigenvalue weighted by Gasteiger charge is 2.11. The van der Waals surface area contributed by atoms with Crippen molar-refractivity contribution in [3.05, 3.63) is 66.4 Å². The lowest BCUT2D eigenvalue weighted by molar-refractivity contribution is 0.883. The summed E-state index contributed by atoms with van der Waals surface area (Å²) in [6.07, 6.45) is 2.01. The minimum Gasteiger partial charge on any atom is -0.326 e. The van der Waals surface area contributed by atoms with Crippen LogP contribution in [0.25, 0.3) is 16.9 Å². The Morgan fingerprint density at radius 3 is 2.41 bits per heavy atom. The van der Waals surface area contributed by atoms with Gasteiger partial charge in [0.25, 0.3) is 0 Å². The number of benzene rings is 2. The van der Waals surface area contributed by atoms with Gasteiger partial charge in [0.05, 0.1) is 11.4 Å². The highest BCUT2D eigenvalue weighted by Crippen LogP contribution is 2.26.